The van der Waals surface area contributed by atoms with E-state index in [1.165, 1.54) is 38.8 Å². The predicted molar refractivity (Wildman–Crippen MR) is 54.5 cm³/mol. The first-order chi connectivity index (χ1) is 5.23. The smallest absolute Gasteiger partial charge is 0.0201 e. The van der Waals surface area contributed by atoms with Crippen molar-refractivity contribution >= 4 is 22.9 Å². The minimum absolute atomic E-state index is 0.521. The van der Waals surface area contributed by atoms with Crippen LogP contribution in [0.5, 0.6) is 0 Å². The van der Waals surface area contributed by atoms with Gasteiger partial charge in [-0.05, 0) is 31.1 Å². The van der Waals surface area contributed by atoms with E-state index in [2.05, 4.69) is 26.0 Å². The monoisotopic (exact) mass is 266 g/mol. The number of nitrogens with zero attached hydrogens (tertiary/aromatic N) is 1. The Bertz CT molecular complexity index is 152. The van der Waals surface area contributed by atoms with Crippen LogP contribution in [0.4, 0.5) is 0 Å². The maximum absolute atomic E-state index is 6.01. The number of halogens is 1. The summed E-state index contributed by atoms with van der Waals surface area (Å²) in [5.74, 6) is 0. The third-order valence-corrected chi connectivity index (χ3v) is 4.41. The fraction of sp³-hybridized carbons (Fsp3) is 1.00. The third kappa shape index (κ3) is 1.31. The Morgan fingerprint density at radius 2 is 1.91 bits per heavy atom. The van der Waals surface area contributed by atoms with Gasteiger partial charge in [0.1, 0.15) is 0 Å². The van der Waals surface area contributed by atoms with Gasteiger partial charge in [-0.2, -0.15) is 0 Å². The van der Waals surface area contributed by atoms with Crippen LogP contribution < -0.4 is 5.73 Å². The first-order valence-corrected chi connectivity index (χ1v) is 5.36. The number of piperidine rings is 1. The number of hydrogen-bond donors (Lipinski definition) is 1. The van der Waals surface area contributed by atoms with Gasteiger partial charge in [0.25, 0.3) is 0 Å². The number of nitrogens with two attached hydrogens (primary N) is 1. The van der Waals surface area contributed by atoms with Gasteiger partial charge >= 0.3 is 0 Å². The van der Waals surface area contributed by atoms with Gasteiger partial charge in [-0.15, -0.1) is 0 Å². The highest BCUT2D eigenvalue weighted by molar-refractivity contribution is 14.1. The van der Waals surface area contributed by atoms with Gasteiger partial charge in [0, 0.05) is 42.0 Å². The lowest BCUT2D eigenvalue weighted by Crippen LogP contribution is -2.54. The van der Waals surface area contributed by atoms with Crippen molar-refractivity contribution in [3.63, 3.8) is 0 Å². The molecular weight excluding hydrogens is 251 g/mol. The van der Waals surface area contributed by atoms with Gasteiger partial charge in [0.2, 0.25) is 0 Å². The maximum Gasteiger partial charge on any atom is 0.0201 e. The van der Waals surface area contributed by atoms with E-state index in [1.807, 2.05) is 0 Å². The standard InChI is InChI=1S/C8H15IN2/c9-11-5-3-8(4-6-11)2-1-7(8)10/h7H,1-6,10H2. The molecule has 64 valence electrons. The molecule has 2 N–H and O–H groups in total. The van der Waals surface area contributed by atoms with Crippen molar-refractivity contribution < 1.29 is 0 Å². The molecule has 0 aromatic heterocycles. The summed E-state index contributed by atoms with van der Waals surface area (Å²) in [6, 6.07) is 0.521. The Balaban J connectivity index is 1.96. The second-order valence-electron chi connectivity index (χ2n) is 3.92. The maximum atomic E-state index is 6.01. The Kier molecular flexibility index (Phi) is 2.14. The molecule has 1 unspecified atom stereocenters. The number of hydrogen-bond acceptors (Lipinski definition) is 2. The van der Waals surface area contributed by atoms with E-state index in [0.29, 0.717) is 11.5 Å². The van der Waals surface area contributed by atoms with Crippen molar-refractivity contribution in [1.29, 1.82) is 0 Å². The van der Waals surface area contributed by atoms with Gasteiger partial charge < -0.3 is 5.73 Å². The lowest BCUT2D eigenvalue weighted by atomic mass is 9.60. The van der Waals surface area contributed by atoms with Crippen LogP contribution in [0.15, 0.2) is 0 Å². The van der Waals surface area contributed by atoms with E-state index >= 15 is 0 Å². The SMILES string of the molecule is NC1CCC12CCN(I)CC2. The first kappa shape index (κ1) is 8.26. The molecule has 2 aliphatic rings. The zero-order valence-corrected chi connectivity index (χ0v) is 8.88. The van der Waals surface area contributed by atoms with E-state index in [4.69, 9.17) is 5.73 Å². The Morgan fingerprint density at radius 3 is 2.27 bits per heavy atom. The molecule has 0 bridgehead atoms. The van der Waals surface area contributed by atoms with Crippen molar-refractivity contribution in [2.45, 2.75) is 31.7 Å². The van der Waals surface area contributed by atoms with Crippen molar-refractivity contribution in [2.75, 3.05) is 13.1 Å². The van der Waals surface area contributed by atoms with Crippen molar-refractivity contribution in [1.82, 2.24) is 3.11 Å². The van der Waals surface area contributed by atoms with Crippen LogP contribution in [0, 0.1) is 5.41 Å². The second kappa shape index (κ2) is 2.85. The minimum atomic E-state index is 0.521. The fourth-order valence-corrected chi connectivity index (χ4v) is 2.75. The average molecular weight is 266 g/mol. The average Bonchev–Trinajstić information content (AvgIpc) is 2.03. The summed E-state index contributed by atoms with van der Waals surface area (Å²) in [5, 5.41) is 0. The summed E-state index contributed by atoms with van der Waals surface area (Å²) in [7, 11) is 0. The van der Waals surface area contributed by atoms with Crippen LogP contribution in [0.3, 0.4) is 0 Å². The van der Waals surface area contributed by atoms with Crippen LogP contribution in [-0.2, 0) is 0 Å². The van der Waals surface area contributed by atoms with Gasteiger partial charge in [-0.1, -0.05) is 0 Å². The molecule has 1 spiro atoms. The van der Waals surface area contributed by atoms with Crippen molar-refractivity contribution in [3.05, 3.63) is 0 Å². The summed E-state index contributed by atoms with van der Waals surface area (Å²) in [6.07, 6.45) is 5.31. The zero-order valence-electron chi connectivity index (χ0n) is 6.72. The lowest BCUT2D eigenvalue weighted by molar-refractivity contribution is 0.0387. The summed E-state index contributed by atoms with van der Waals surface area (Å²) < 4.78 is 2.38. The highest BCUT2D eigenvalue weighted by Crippen LogP contribution is 2.48. The van der Waals surface area contributed by atoms with Crippen LogP contribution in [0.25, 0.3) is 0 Å². The molecule has 0 aromatic carbocycles. The van der Waals surface area contributed by atoms with E-state index in [1.54, 1.807) is 0 Å². The molecule has 1 saturated carbocycles. The molecule has 1 aliphatic heterocycles. The quantitative estimate of drug-likeness (QED) is 0.532. The highest BCUT2D eigenvalue weighted by atomic mass is 127. The van der Waals surface area contributed by atoms with Crippen LogP contribution in [0.2, 0.25) is 0 Å². The van der Waals surface area contributed by atoms with Crippen molar-refractivity contribution in [3.8, 4) is 0 Å². The zero-order chi connectivity index (χ0) is 7.90. The minimum Gasteiger partial charge on any atom is -0.327 e. The normalized spacial score (nSPS) is 37.1. The lowest BCUT2D eigenvalue weighted by Gasteiger charge is -2.51. The topological polar surface area (TPSA) is 29.3 Å². The summed E-state index contributed by atoms with van der Waals surface area (Å²) >= 11 is 2.41. The molecule has 1 aliphatic carbocycles. The van der Waals surface area contributed by atoms with Gasteiger partial charge in [-0.25, -0.2) is 3.11 Å². The van der Waals surface area contributed by atoms with Crippen LogP contribution >= 0.6 is 22.9 Å². The predicted octanol–water partition coefficient (Wildman–Crippen LogP) is 1.54. The largest absolute Gasteiger partial charge is 0.327 e. The summed E-state index contributed by atoms with van der Waals surface area (Å²) in [6.45, 7) is 2.49. The third-order valence-electron chi connectivity index (χ3n) is 3.44. The molecule has 0 amide bonds. The molecule has 2 fully saturated rings. The fourth-order valence-electron chi connectivity index (χ4n) is 2.26. The van der Waals surface area contributed by atoms with E-state index in [-0.39, 0.29) is 0 Å². The molecule has 2 rings (SSSR count). The molecule has 0 aromatic rings. The Morgan fingerprint density at radius 1 is 1.27 bits per heavy atom. The van der Waals surface area contributed by atoms with Gasteiger partial charge in [0.15, 0.2) is 0 Å². The molecule has 1 heterocycles. The van der Waals surface area contributed by atoms with E-state index in [9.17, 15) is 0 Å². The van der Waals surface area contributed by atoms with Crippen LogP contribution in [-0.4, -0.2) is 22.2 Å². The van der Waals surface area contributed by atoms with Crippen LogP contribution in [0.1, 0.15) is 25.7 Å². The van der Waals surface area contributed by atoms with Gasteiger partial charge in [-0.3, -0.25) is 0 Å². The first-order valence-electron chi connectivity index (χ1n) is 4.39. The Hall–Kier alpha value is 0.650. The molecule has 0 radical (unpaired) electrons. The van der Waals surface area contributed by atoms with Crippen molar-refractivity contribution in [2.24, 2.45) is 11.1 Å². The molecule has 1 atom stereocenters. The second-order valence-corrected chi connectivity index (χ2v) is 5.28. The molecule has 2 nitrogen and oxygen atoms in total. The van der Waals surface area contributed by atoms with E-state index in [0.717, 1.165) is 0 Å². The Labute approximate surface area is 82.0 Å². The molecule has 11 heavy (non-hydrogen) atoms. The molecular formula is C8H15IN2. The molecule has 1 saturated heterocycles. The summed E-state index contributed by atoms with van der Waals surface area (Å²) in [5.41, 5.74) is 6.58. The summed E-state index contributed by atoms with van der Waals surface area (Å²) in [4.78, 5) is 0. The van der Waals surface area contributed by atoms with Gasteiger partial charge in [0.05, 0.1) is 0 Å². The molecule has 3 heteroatoms. The number of rotatable bonds is 0. The van der Waals surface area contributed by atoms with E-state index < -0.39 is 0 Å². The highest BCUT2D eigenvalue weighted by Gasteiger charge is 2.45.